The SMILES string of the molecule is COC.Cc1ccc(CO)cc1. The molecule has 0 heterocycles. The Labute approximate surface area is 73.8 Å². The molecule has 12 heavy (non-hydrogen) atoms. The van der Waals surface area contributed by atoms with Crippen LogP contribution < -0.4 is 0 Å². The number of rotatable bonds is 1. The van der Waals surface area contributed by atoms with E-state index >= 15 is 0 Å². The van der Waals surface area contributed by atoms with Crippen LogP contribution in [0.1, 0.15) is 11.1 Å². The molecular formula is C10H16O2. The lowest BCUT2D eigenvalue weighted by molar-refractivity contribution is 0.277. The molecule has 0 fully saturated rings. The molecule has 1 aromatic rings. The van der Waals surface area contributed by atoms with Gasteiger partial charge in [0.1, 0.15) is 0 Å². The van der Waals surface area contributed by atoms with Gasteiger partial charge in [0.15, 0.2) is 0 Å². The first kappa shape index (κ1) is 11.1. The van der Waals surface area contributed by atoms with Gasteiger partial charge in [-0.3, -0.25) is 0 Å². The van der Waals surface area contributed by atoms with E-state index in [9.17, 15) is 0 Å². The first-order valence-electron chi connectivity index (χ1n) is 3.81. The van der Waals surface area contributed by atoms with Crippen LogP contribution in [0.4, 0.5) is 0 Å². The Hall–Kier alpha value is -0.860. The highest BCUT2D eigenvalue weighted by atomic mass is 16.4. The molecule has 1 N–H and O–H groups in total. The van der Waals surface area contributed by atoms with Crippen LogP contribution in [-0.2, 0) is 11.3 Å². The van der Waals surface area contributed by atoms with Gasteiger partial charge >= 0.3 is 0 Å². The number of benzene rings is 1. The minimum absolute atomic E-state index is 0.139. The highest BCUT2D eigenvalue weighted by Crippen LogP contribution is 2.01. The summed E-state index contributed by atoms with van der Waals surface area (Å²) in [6.45, 7) is 2.17. The largest absolute Gasteiger partial charge is 0.392 e. The van der Waals surface area contributed by atoms with Crippen LogP contribution in [0.15, 0.2) is 24.3 Å². The zero-order valence-corrected chi connectivity index (χ0v) is 7.87. The summed E-state index contributed by atoms with van der Waals surface area (Å²) < 4.78 is 4.25. The molecule has 0 atom stereocenters. The van der Waals surface area contributed by atoms with Gasteiger partial charge in [-0.1, -0.05) is 29.8 Å². The first-order valence-corrected chi connectivity index (χ1v) is 3.81. The number of hydrogen-bond acceptors (Lipinski definition) is 2. The highest BCUT2D eigenvalue weighted by Gasteiger charge is 1.85. The van der Waals surface area contributed by atoms with E-state index in [1.165, 1.54) is 5.56 Å². The molecular weight excluding hydrogens is 152 g/mol. The van der Waals surface area contributed by atoms with Crippen molar-refractivity contribution in [2.75, 3.05) is 14.2 Å². The maximum Gasteiger partial charge on any atom is 0.0681 e. The van der Waals surface area contributed by atoms with Crippen LogP contribution in [0.5, 0.6) is 0 Å². The fourth-order valence-corrected chi connectivity index (χ4v) is 0.693. The van der Waals surface area contributed by atoms with Gasteiger partial charge in [-0.25, -0.2) is 0 Å². The van der Waals surface area contributed by atoms with Gasteiger partial charge in [-0.05, 0) is 12.5 Å². The van der Waals surface area contributed by atoms with Crippen molar-refractivity contribution in [3.05, 3.63) is 35.4 Å². The number of hydrogen-bond donors (Lipinski definition) is 1. The van der Waals surface area contributed by atoms with Crippen molar-refractivity contribution in [3.8, 4) is 0 Å². The number of ether oxygens (including phenoxy) is 1. The molecule has 2 heteroatoms. The van der Waals surface area contributed by atoms with Crippen molar-refractivity contribution >= 4 is 0 Å². The second-order valence-electron chi connectivity index (χ2n) is 2.55. The molecule has 0 radical (unpaired) electrons. The fraction of sp³-hybridized carbons (Fsp3) is 0.400. The molecule has 2 nitrogen and oxygen atoms in total. The summed E-state index contributed by atoms with van der Waals surface area (Å²) in [4.78, 5) is 0. The van der Waals surface area contributed by atoms with Gasteiger partial charge in [0.05, 0.1) is 6.61 Å². The average molecular weight is 168 g/mol. The number of aliphatic hydroxyl groups is 1. The molecule has 1 aromatic carbocycles. The topological polar surface area (TPSA) is 29.5 Å². The predicted octanol–water partition coefficient (Wildman–Crippen LogP) is 1.75. The lowest BCUT2D eigenvalue weighted by atomic mass is 10.2. The highest BCUT2D eigenvalue weighted by molar-refractivity contribution is 5.20. The van der Waals surface area contributed by atoms with Gasteiger partial charge in [0, 0.05) is 14.2 Å². The number of aryl methyl sites for hydroxylation is 1. The molecule has 0 aliphatic carbocycles. The van der Waals surface area contributed by atoms with E-state index in [0.717, 1.165) is 5.56 Å². The van der Waals surface area contributed by atoms with Gasteiger partial charge in [0.2, 0.25) is 0 Å². The quantitative estimate of drug-likeness (QED) is 0.692. The molecule has 0 aliphatic rings. The molecule has 0 unspecified atom stereocenters. The molecule has 0 aromatic heterocycles. The van der Waals surface area contributed by atoms with Crippen molar-refractivity contribution in [2.24, 2.45) is 0 Å². The summed E-state index contributed by atoms with van der Waals surface area (Å²) in [5, 5.41) is 8.63. The third kappa shape index (κ3) is 4.88. The van der Waals surface area contributed by atoms with Gasteiger partial charge in [0.25, 0.3) is 0 Å². The van der Waals surface area contributed by atoms with Crippen molar-refractivity contribution < 1.29 is 9.84 Å². The van der Waals surface area contributed by atoms with Crippen LogP contribution in [0.25, 0.3) is 0 Å². The van der Waals surface area contributed by atoms with E-state index < -0.39 is 0 Å². The summed E-state index contributed by atoms with van der Waals surface area (Å²) >= 11 is 0. The zero-order chi connectivity index (χ0) is 9.40. The Bertz CT molecular complexity index is 191. The summed E-state index contributed by atoms with van der Waals surface area (Å²) in [5.74, 6) is 0. The van der Waals surface area contributed by atoms with Crippen LogP contribution in [0.3, 0.4) is 0 Å². The van der Waals surface area contributed by atoms with Crippen molar-refractivity contribution in [1.29, 1.82) is 0 Å². The van der Waals surface area contributed by atoms with E-state index in [2.05, 4.69) is 4.74 Å². The molecule has 0 amide bonds. The van der Waals surface area contributed by atoms with Crippen LogP contribution in [0, 0.1) is 6.92 Å². The second kappa shape index (κ2) is 6.83. The predicted molar refractivity (Wildman–Crippen MR) is 50.0 cm³/mol. The summed E-state index contributed by atoms with van der Waals surface area (Å²) in [6, 6.07) is 7.84. The van der Waals surface area contributed by atoms with Crippen molar-refractivity contribution in [1.82, 2.24) is 0 Å². The average Bonchev–Trinajstić information content (AvgIpc) is 2.07. The Morgan fingerprint density at radius 1 is 1.17 bits per heavy atom. The lowest BCUT2D eigenvalue weighted by Crippen LogP contribution is -1.80. The minimum Gasteiger partial charge on any atom is -0.392 e. The Kier molecular flexibility index (Phi) is 6.34. The molecule has 0 spiro atoms. The van der Waals surface area contributed by atoms with Crippen LogP contribution in [-0.4, -0.2) is 19.3 Å². The Morgan fingerprint density at radius 3 is 1.92 bits per heavy atom. The summed E-state index contributed by atoms with van der Waals surface area (Å²) in [5.41, 5.74) is 2.20. The van der Waals surface area contributed by atoms with E-state index in [-0.39, 0.29) is 6.61 Å². The molecule has 0 saturated heterocycles. The smallest absolute Gasteiger partial charge is 0.0681 e. The molecule has 0 aliphatic heterocycles. The van der Waals surface area contributed by atoms with Gasteiger partial charge in [-0.15, -0.1) is 0 Å². The normalized spacial score (nSPS) is 8.67. The third-order valence-corrected chi connectivity index (χ3v) is 1.30. The molecule has 0 saturated carbocycles. The fourth-order valence-electron chi connectivity index (χ4n) is 0.693. The maximum absolute atomic E-state index is 8.63. The molecule has 0 bridgehead atoms. The number of methoxy groups -OCH3 is 1. The van der Waals surface area contributed by atoms with Gasteiger partial charge in [-0.2, -0.15) is 0 Å². The third-order valence-electron chi connectivity index (χ3n) is 1.30. The minimum atomic E-state index is 0.139. The van der Waals surface area contributed by atoms with E-state index in [4.69, 9.17) is 5.11 Å². The standard InChI is InChI=1S/C8H10O.C2H6O/c1-7-2-4-8(6-9)5-3-7;1-3-2/h2-5,9H,6H2,1H3;1-2H3. The van der Waals surface area contributed by atoms with Crippen molar-refractivity contribution in [3.63, 3.8) is 0 Å². The monoisotopic (exact) mass is 168 g/mol. The molecule has 68 valence electrons. The van der Waals surface area contributed by atoms with Crippen LogP contribution >= 0.6 is 0 Å². The van der Waals surface area contributed by atoms with E-state index in [1.807, 2.05) is 31.2 Å². The Balaban J connectivity index is 0.000000354. The second-order valence-corrected chi connectivity index (χ2v) is 2.55. The number of aliphatic hydroxyl groups excluding tert-OH is 1. The first-order chi connectivity index (χ1) is 5.74. The van der Waals surface area contributed by atoms with Gasteiger partial charge < -0.3 is 9.84 Å². The van der Waals surface area contributed by atoms with Crippen molar-refractivity contribution in [2.45, 2.75) is 13.5 Å². The molecule has 1 rings (SSSR count). The zero-order valence-electron chi connectivity index (χ0n) is 7.87. The van der Waals surface area contributed by atoms with E-state index in [0.29, 0.717) is 0 Å². The maximum atomic E-state index is 8.63. The summed E-state index contributed by atoms with van der Waals surface area (Å²) in [7, 11) is 3.25. The lowest BCUT2D eigenvalue weighted by Gasteiger charge is -1.93. The summed E-state index contributed by atoms with van der Waals surface area (Å²) in [6.07, 6.45) is 0. The van der Waals surface area contributed by atoms with Crippen LogP contribution in [0.2, 0.25) is 0 Å². The van der Waals surface area contributed by atoms with E-state index in [1.54, 1.807) is 14.2 Å². The Morgan fingerprint density at radius 2 is 1.58 bits per heavy atom.